The van der Waals surface area contributed by atoms with Crippen LogP contribution in [0, 0.1) is 5.92 Å². The lowest BCUT2D eigenvalue weighted by atomic mass is 9.68. The van der Waals surface area contributed by atoms with E-state index in [-0.39, 0.29) is 17.8 Å². The zero-order valence-electron chi connectivity index (χ0n) is 10.8. The van der Waals surface area contributed by atoms with Gasteiger partial charge < -0.3 is 10.0 Å². The third kappa shape index (κ3) is 2.75. The average molecular weight is 256 g/mol. The standard InChI is InChI=1S/C14H21NO.ClH/c1-11-10-15(3)8-7-14(11,2)12-5-4-6-13(16)9-12;/h4-6,9,11,16H,7-8,10H2,1-3H3;1H/t11-,14+;/m1./s1. The lowest BCUT2D eigenvalue weighted by Crippen LogP contribution is -2.45. The number of phenolic OH excluding ortho intramolecular Hbond substituents is 1. The van der Waals surface area contributed by atoms with Crippen LogP contribution >= 0.6 is 12.4 Å². The first-order valence-electron chi connectivity index (χ1n) is 6.00. The Morgan fingerprint density at radius 3 is 2.71 bits per heavy atom. The van der Waals surface area contributed by atoms with Gasteiger partial charge in [-0.25, -0.2) is 0 Å². The molecule has 1 aliphatic rings. The number of nitrogens with zero attached hydrogens (tertiary/aromatic N) is 1. The molecule has 3 heteroatoms. The first kappa shape index (κ1) is 14.3. The van der Waals surface area contributed by atoms with Gasteiger partial charge in [-0.3, -0.25) is 0 Å². The summed E-state index contributed by atoms with van der Waals surface area (Å²) in [5.74, 6) is 0.998. The number of hydrogen-bond acceptors (Lipinski definition) is 2. The minimum absolute atomic E-state index is 0. The van der Waals surface area contributed by atoms with Crippen LogP contribution in [0.1, 0.15) is 25.8 Å². The van der Waals surface area contributed by atoms with Gasteiger partial charge in [0.2, 0.25) is 0 Å². The lowest BCUT2D eigenvalue weighted by molar-refractivity contribution is 0.133. The normalized spacial score (nSPS) is 29.7. The van der Waals surface area contributed by atoms with Crippen molar-refractivity contribution in [2.45, 2.75) is 25.7 Å². The number of phenols is 1. The summed E-state index contributed by atoms with van der Waals surface area (Å²) in [6, 6.07) is 7.75. The van der Waals surface area contributed by atoms with Crippen LogP contribution in [-0.4, -0.2) is 30.1 Å². The van der Waals surface area contributed by atoms with Crippen LogP contribution in [0.5, 0.6) is 5.75 Å². The molecule has 2 atom stereocenters. The van der Waals surface area contributed by atoms with Gasteiger partial charge in [-0.1, -0.05) is 26.0 Å². The molecule has 0 bridgehead atoms. The summed E-state index contributed by atoms with van der Waals surface area (Å²) < 4.78 is 0. The van der Waals surface area contributed by atoms with Gasteiger partial charge in [-0.2, -0.15) is 0 Å². The molecule has 2 nitrogen and oxygen atoms in total. The van der Waals surface area contributed by atoms with E-state index in [2.05, 4.69) is 31.9 Å². The molecule has 0 amide bonds. The average Bonchev–Trinajstić information content (AvgIpc) is 2.24. The number of rotatable bonds is 1. The summed E-state index contributed by atoms with van der Waals surface area (Å²) in [5.41, 5.74) is 1.47. The second-order valence-electron chi connectivity index (χ2n) is 5.38. The number of benzene rings is 1. The van der Waals surface area contributed by atoms with Crippen molar-refractivity contribution < 1.29 is 5.11 Å². The molecule has 0 radical (unpaired) electrons. The Kier molecular flexibility index (Phi) is 4.45. The van der Waals surface area contributed by atoms with Gasteiger partial charge in [0.05, 0.1) is 0 Å². The van der Waals surface area contributed by atoms with Crippen LogP contribution in [0.3, 0.4) is 0 Å². The van der Waals surface area contributed by atoms with Gasteiger partial charge in [0.15, 0.2) is 0 Å². The SMILES string of the molecule is C[C@@H]1CN(C)CC[C@]1(C)c1cccc(O)c1.Cl. The van der Waals surface area contributed by atoms with Gasteiger partial charge in [0.1, 0.15) is 5.75 Å². The Bertz CT molecular complexity index is 382. The topological polar surface area (TPSA) is 23.5 Å². The molecule has 0 spiro atoms. The largest absolute Gasteiger partial charge is 0.508 e. The van der Waals surface area contributed by atoms with Crippen molar-refractivity contribution in [2.24, 2.45) is 5.92 Å². The van der Waals surface area contributed by atoms with Crippen LogP contribution in [0.25, 0.3) is 0 Å². The summed E-state index contributed by atoms with van der Waals surface area (Å²) in [6.07, 6.45) is 1.16. The van der Waals surface area contributed by atoms with Crippen LogP contribution < -0.4 is 0 Å². The third-order valence-electron chi connectivity index (χ3n) is 4.19. The summed E-state index contributed by atoms with van der Waals surface area (Å²) in [4.78, 5) is 2.38. The van der Waals surface area contributed by atoms with E-state index in [4.69, 9.17) is 0 Å². The van der Waals surface area contributed by atoms with Crippen LogP contribution in [0.2, 0.25) is 0 Å². The minimum Gasteiger partial charge on any atom is -0.508 e. The molecular weight excluding hydrogens is 234 g/mol. The van der Waals surface area contributed by atoms with E-state index >= 15 is 0 Å². The predicted molar refractivity (Wildman–Crippen MR) is 74.0 cm³/mol. The molecule has 1 aromatic rings. The van der Waals surface area contributed by atoms with Crippen molar-refractivity contribution in [2.75, 3.05) is 20.1 Å². The predicted octanol–water partition coefficient (Wildman–Crippen LogP) is 3.04. The molecule has 1 heterocycles. The molecule has 0 aliphatic carbocycles. The maximum absolute atomic E-state index is 9.59. The molecule has 1 saturated heterocycles. The highest BCUT2D eigenvalue weighted by molar-refractivity contribution is 5.85. The summed E-state index contributed by atoms with van der Waals surface area (Å²) in [6.45, 7) is 6.89. The van der Waals surface area contributed by atoms with Crippen LogP contribution in [0.4, 0.5) is 0 Å². The van der Waals surface area contributed by atoms with Crippen molar-refractivity contribution in [3.05, 3.63) is 29.8 Å². The van der Waals surface area contributed by atoms with E-state index in [0.29, 0.717) is 11.7 Å². The second kappa shape index (κ2) is 5.28. The fourth-order valence-electron chi connectivity index (χ4n) is 2.72. The van der Waals surface area contributed by atoms with Gasteiger partial charge >= 0.3 is 0 Å². The van der Waals surface area contributed by atoms with Crippen molar-refractivity contribution in [1.29, 1.82) is 0 Å². The fourth-order valence-corrected chi connectivity index (χ4v) is 2.72. The van der Waals surface area contributed by atoms with Gasteiger partial charge in [0.25, 0.3) is 0 Å². The van der Waals surface area contributed by atoms with Crippen molar-refractivity contribution in [1.82, 2.24) is 4.90 Å². The number of aromatic hydroxyl groups is 1. The fraction of sp³-hybridized carbons (Fsp3) is 0.571. The Hall–Kier alpha value is -0.730. The molecule has 0 unspecified atom stereocenters. The molecule has 96 valence electrons. The Morgan fingerprint density at radius 1 is 1.41 bits per heavy atom. The Morgan fingerprint density at radius 2 is 2.12 bits per heavy atom. The van der Waals surface area contributed by atoms with E-state index in [1.807, 2.05) is 12.1 Å². The first-order valence-corrected chi connectivity index (χ1v) is 6.00. The molecule has 1 aliphatic heterocycles. The van der Waals surface area contributed by atoms with E-state index in [1.54, 1.807) is 6.07 Å². The second-order valence-corrected chi connectivity index (χ2v) is 5.38. The third-order valence-corrected chi connectivity index (χ3v) is 4.19. The number of piperidine rings is 1. The van der Waals surface area contributed by atoms with E-state index in [9.17, 15) is 5.11 Å². The number of likely N-dealkylation sites (tertiary alicyclic amines) is 1. The van der Waals surface area contributed by atoms with Crippen LogP contribution in [0.15, 0.2) is 24.3 Å². The highest BCUT2D eigenvalue weighted by Gasteiger charge is 2.36. The van der Waals surface area contributed by atoms with E-state index in [0.717, 1.165) is 19.5 Å². The Balaban J connectivity index is 0.00000144. The van der Waals surface area contributed by atoms with E-state index in [1.165, 1.54) is 5.56 Å². The van der Waals surface area contributed by atoms with Crippen molar-refractivity contribution >= 4 is 12.4 Å². The molecule has 17 heavy (non-hydrogen) atoms. The minimum atomic E-state index is 0. The zero-order valence-corrected chi connectivity index (χ0v) is 11.6. The highest BCUT2D eigenvalue weighted by atomic mass is 35.5. The van der Waals surface area contributed by atoms with Crippen molar-refractivity contribution in [3.63, 3.8) is 0 Å². The van der Waals surface area contributed by atoms with Crippen molar-refractivity contribution in [3.8, 4) is 5.75 Å². The molecule has 2 rings (SSSR count). The molecule has 1 fully saturated rings. The number of hydrogen-bond donors (Lipinski definition) is 1. The summed E-state index contributed by atoms with van der Waals surface area (Å²) in [5, 5.41) is 9.59. The molecule has 0 aromatic heterocycles. The highest BCUT2D eigenvalue weighted by Crippen LogP contribution is 2.39. The first-order chi connectivity index (χ1) is 7.52. The lowest BCUT2D eigenvalue weighted by Gasteiger charge is -2.44. The quantitative estimate of drug-likeness (QED) is 0.834. The Labute approximate surface area is 110 Å². The molecule has 0 saturated carbocycles. The maximum Gasteiger partial charge on any atom is 0.115 e. The van der Waals surface area contributed by atoms with Crippen LogP contribution in [-0.2, 0) is 5.41 Å². The smallest absolute Gasteiger partial charge is 0.115 e. The maximum atomic E-state index is 9.59. The number of halogens is 1. The summed E-state index contributed by atoms with van der Waals surface area (Å²) >= 11 is 0. The molecule has 1 aromatic carbocycles. The molecule has 1 N–H and O–H groups in total. The summed E-state index contributed by atoms with van der Waals surface area (Å²) in [7, 11) is 2.18. The zero-order chi connectivity index (χ0) is 11.8. The molecular formula is C14H22ClNO. The van der Waals surface area contributed by atoms with E-state index < -0.39 is 0 Å². The monoisotopic (exact) mass is 255 g/mol. The van der Waals surface area contributed by atoms with Gasteiger partial charge in [-0.15, -0.1) is 12.4 Å². The van der Waals surface area contributed by atoms with Gasteiger partial charge in [0, 0.05) is 6.54 Å². The van der Waals surface area contributed by atoms with Gasteiger partial charge in [-0.05, 0) is 49.0 Å².